The summed E-state index contributed by atoms with van der Waals surface area (Å²) in [4.78, 5) is 1.02. The molecule has 0 saturated heterocycles. The summed E-state index contributed by atoms with van der Waals surface area (Å²) in [6.07, 6.45) is 0. The maximum Gasteiger partial charge on any atom is 0.231 e. The molecule has 0 amide bonds. The number of rotatable bonds is 5. The van der Waals surface area contributed by atoms with Crippen molar-refractivity contribution in [1.29, 1.82) is 0 Å². The molecule has 0 aliphatic carbocycles. The van der Waals surface area contributed by atoms with Gasteiger partial charge in [0.05, 0.1) is 10.3 Å². The molecule has 2 nitrogen and oxygen atoms in total. The lowest BCUT2D eigenvalue weighted by Crippen LogP contribution is -2.31. The van der Waals surface area contributed by atoms with Gasteiger partial charge in [0, 0.05) is 19.8 Å². The van der Waals surface area contributed by atoms with Gasteiger partial charge in [-0.3, -0.25) is 0 Å². The smallest absolute Gasteiger partial charge is 0.231 e. The van der Waals surface area contributed by atoms with E-state index in [1.165, 1.54) is 0 Å². The van der Waals surface area contributed by atoms with Crippen LogP contribution in [0.4, 0.5) is 0 Å². The van der Waals surface area contributed by atoms with E-state index >= 15 is 0 Å². The predicted octanol–water partition coefficient (Wildman–Crippen LogP) is 4.54. The molecular weight excluding hydrogens is 280 g/mol. The van der Waals surface area contributed by atoms with Crippen LogP contribution in [0.2, 0.25) is 0 Å². The van der Waals surface area contributed by atoms with Crippen molar-refractivity contribution >= 4 is 22.9 Å². The fourth-order valence-electron chi connectivity index (χ4n) is 2.10. The van der Waals surface area contributed by atoms with Gasteiger partial charge in [0.25, 0.3) is 0 Å². The average Bonchev–Trinajstić information content (AvgIpc) is 2.96. The standard InChI is InChI=1S/C15H17ClO2S/c1-11(16)12-6-8-13(9-7-12)15(17-2,18-3)14-5-4-10-19-14/h4-11H,1-3H3. The number of thiophene rings is 1. The van der Waals surface area contributed by atoms with E-state index in [-0.39, 0.29) is 5.38 Å². The quantitative estimate of drug-likeness (QED) is 0.595. The van der Waals surface area contributed by atoms with E-state index in [4.69, 9.17) is 21.1 Å². The Morgan fingerprint density at radius 3 is 2.16 bits per heavy atom. The molecule has 0 fully saturated rings. The number of hydrogen-bond acceptors (Lipinski definition) is 3. The molecule has 0 N–H and O–H groups in total. The van der Waals surface area contributed by atoms with Crippen LogP contribution in [0.3, 0.4) is 0 Å². The van der Waals surface area contributed by atoms with E-state index in [0.717, 1.165) is 16.0 Å². The number of ether oxygens (including phenoxy) is 2. The summed E-state index contributed by atoms with van der Waals surface area (Å²) >= 11 is 7.68. The Balaban J connectivity index is 2.45. The minimum absolute atomic E-state index is 0.00437. The summed E-state index contributed by atoms with van der Waals surface area (Å²) in [5.41, 5.74) is 2.04. The summed E-state index contributed by atoms with van der Waals surface area (Å²) in [6.45, 7) is 1.95. The molecule has 0 radical (unpaired) electrons. The predicted molar refractivity (Wildman–Crippen MR) is 79.8 cm³/mol. The highest BCUT2D eigenvalue weighted by molar-refractivity contribution is 7.10. The van der Waals surface area contributed by atoms with Gasteiger partial charge < -0.3 is 9.47 Å². The van der Waals surface area contributed by atoms with Crippen LogP contribution in [0.15, 0.2) is 41.8 Å². The van der Waals surface area contributed by atoms with E-state index in [1.807, 2.05) is 48.7 Å². The Labute approximate surface area is 122 Å². The number of alkyl halides is 1. The van der Waals surface area contributed by atoms with Crippen molar-refractivity contribution in [3.05, 3.63) is 57.8 Å². The minimum atomic E-state index is -0.845. The van der Waals surface area contributed by atoms with Gasteiger partial charge in [0.2, 0.25) is 5.79 Å². The maximum absolute atomic E-state index is 6.08. The molecule has 1 aromatic carbocycles. The summed E-state index contributed by atoms with van der Waals surface area (Å²) in [5, 5.41) is 2.01. The van der Waals surface area contributed by atoms with Crippen LogP contribution in [-0.4, -0.2) is 14.2 Å². The van der Waals surface area contributed by atoms with E-state index in [0.29, 0.717) is 0 Å². The first-order valence-corrected chi connectivity index (χ1v) is 7.34. The molecule has 0 spiro atoms. The van der Waals surface area contributed by atoms with E-state index in [9.17, 15) is 0 Å². The maximum atomic E-state index is 6.08. The fraction of sp³-hybridized carbons (Fsp3) is 0.333. The van der Waals surface area contributed by atoms with Crippen LogP contribution < -0.4 is 0 Å². The molecule has 0 aliphatic heterocycles. The van der Waals surface area contributed by atoms with Crippen molar-refractivity contribution < 1.29 is 9.47 Å². The van der Waals surface area contributed by atoms with Crippen molar-refractivity contribution in [2.24, 2.45) is 0 Å². The Hall–Kier alpha value is -0.870. The molecule has 0 aliphatic rings. The van der Waals surface area contributed by atoms with Gasteiger partial charge in [-0.15, -0.1) is 22.9 Å². The Morgan fingerprint density at radius 1 is 1.11 bits per heavy atom. The van der Waals surface area contributed by atoms with Crippen LogP contribution in [-0.2, 0) is 15.3 Å². The largest absolute Gasteiger partial charge is 0.345 e. The highest BCUT2D eigenvalue weighted by atomic mass is 35.5. The second-order valence-electron chi connectivity index (χ2n) is 4.24. The molecule has 2 aromatic rings. The molecule has 1 atom stereocenters. The summed E-state index contributed by atoms with van der Waals surface area (Å²) in [5.74, 6) is -0.845. The van der Waals surface area contributed by atoms with E-state index in [1.54, 1.807) is 25.6 Å². The zero-order chi connectivity index (χ0) is 13.9. The van der Waals surface area contributed by atoms with Gasteiger partial charge >= 0.3 is 0 Å². The third kappa shape index (κ3) is 2.70. The lowest BCUT2D eigenvalue weighted by Gasteiger charge is -2.30. The zero-order valence-electron chi connectivity index (χ0n) is 11.2. The summed E-state index contributed by atoms with van der Waals surface area (Å²) < 4.78 is 11.3. The third-order valence-electron chi connectivity index (χ3n) is 3.17. The second-order valence-corrected chi connectivity index (χ2v) is 5.84. The number of halogens is 1. The van der Waals surface area contributed by atoms with E-state index < -0.39 is 5.79 Å². The first-order chi connectivity index (χ1) is 9.14. The molecule has 102 valence electrons. The highest BCUT2D eigenvalue weighted by Crippen LogP contribution is 2.37. The number of hydrogen-bond donors (Lipinski definition) is 0. The van der Waals surface area contributed by atoms with Crippen LogP contribution in [0.5, 0.6) is 0 Å². The summed E-state index contributed by atoms with van der Waals surface area (Å²) in [7, 11) is 3.31. The molecule has 19 heavy (non-hydrogen) atoms. The Kier molecular flexibility index (Phi) is 4.63. The second kappa shape index (κ2) is 6.06. The van der Waals surface area contributed by atoms with Crippen LogP contribution in [0, 0.1) is 0 Å². The average molecular weight is 297 g/mol. The van der Waals surface area contributed by atoms with Gasteiger partial charge in [0.1, 0.15) is 0 Å². The van der Waals surface area contributed by atoms with Crippen molar-refractivity contribution in [2.75, 3.05) is 14.2 Å². The lowest BCUT2D eigenvalue weighted by molar-refractivity contribution is -0.181. The normalized spacial score (nSPS) is 13.5. The first kappa shape index (κ1) is 14.5. The fourth-order valence-corrected chi connectivity index (χ4v) is 3.14. The number of benzene rings is 1. The Bertz CT molecular complexity index is 501. The van der Waals surface area contributed by atoms with Gasteiger partial charge in [-0.25, -0.2) is 0 Å². The van der Waals surface area contributed by atoms with Crippen LogP contribution in [0.1, 0.15) is 28.3 Å². The van der Waals surface area contributed by atoms with Gasteiger partial charge in [-0.1, -0.05) is 30.3 Å². The summed E-state index contributed by atoms with van der Waals surface area (Å²) in [6, 6.07) is 12.0. The van der Waals surface area contributed by atoms with Crippen molar-refractivity contribution in [2.45, 2.75) is 18.1 Å². The molecule has 1 unspecified atom stereocenters. The molecule has 1 heterocycles. The molecular formula is C15H17ClO2S. The minimum Gasteiger partial charge on any atom is -0.345 e. The molecule has 2 rings (SSSR count). The van der Waals surface area contributed by atoms with Crippen LogP contribution >= 0.6 is 22.9 Å². The molecule has 0 saturated carbocycles. The Morgan fingerprint density at radius 2 is 1.74 bits per heavy atom. The van der Waals surface area contributed by atoms with Gasteiger partial charge in [0.15, 0.2) is 0 Å². The zero-order valence-corrected chi connectivity index (χ0v) is 12.8. The first-order valence-electron chi connectivity index (χ1n) is 6.03. The van der Waals surface area contributed by atoms with Crippen molar-refractivity contribution in [3.63, 3.8) is 0 Å². The van der Waals surface area contributed by atoms with Crippen LogP contribution in [0.25, 0.3) is 0 Å². The molecule has 1 aromatic heterocycles. The monoisotopic (exact) mass is 296 g/mol. The number of methoxy groups -OCH3 is 2. The van der Waals surface area contributed by atoms with Crippen molar-refractivity contribution in [3.8, 4) is 0 Å². The highest BCUT2D eigenvalue weighted by Gasteiger charge is 2.35. The van der Waals surface area contributed by atoms with Gasteiger partial charge in [-0.05, 0) is 23.9 Å². The third-order valence-corrected chi connectivity index (χ3v) is 4.37. The lowest BCUT2D eigenvalue weighted by atomic mass is 10.0. The molecule has 4 heteroatoms. The van der Waals surface area contributed by atoms with Crippen molar-refractivity contribution in [1.82, 2.24) is 0 Å². The van der Waals surface area contributed by atoms with E-state index in [2.05, 4.69) is 0 Å². The topological polar surface area (TPSA) is 18.5 Å². The van der Waals surface area contributed by atoms with Gasteiger partial charge in [-0.2, -0.15) is 0 Å². The molecule has 0 bridgehead atoms. The SMILES string of the molecule is COC(OC)(c1ccc(C(C)Cl)cc1)c1cccs1.